The molecule has 0 atom stereocenters. The Morgan fingerprint density at radius 1 is 0.500 bits per heavy atom. The van der Waals surface area contributed by atoms with Crippen molar-refractivity contribution in [3.8, 4) is 11.4 Å². The molecule has 3 nitrogen and oxygen atoms in total. The standard InChI is InChI=1S/C48H36BN3/c1-31-28-39-44-43(29-31)52-45-37(22-15-25-41(45)49(44)40-24-14-13-23-38(40)48(39,2)3)47-46(52)36-27-26-35(30-42(36)51(47)34-20-11-6-12-21-34)50(32-16-7-4-8-17-32)33-18-9-5-10-19-33/h4-30H,1-3H3. The molecule has 2 aliphatic heterocycles. The zero-order chi connectivity index (χ0) is 34.7. The quantitative estimate of drug-likeness (QED) is 0.171. The summed E-state index contributed by atoms with van der Waals surface area (Å²) in [4.78, 5) is 2.36. The maximum absolute atomic E-state index is 2.62. The van der Waals surface area contributed by atoms with Gasteiger partial charge in [-0.25, -0.2) is 0 Å². The van der Waals surface area contributed by atoms with E-state index in [1.165, 1.54) is 71.6 Å². The van der Waals surface area contributed by atoms with Crippen LogP contribution in [0.25, 0.3) is 44.2 Å². The fourth-order valence-electron chi connectivity index (χ4n) is 9.63. The van der Waals surface area contributed by atoms with E-state index in [-0.39, 0.29) is 12.1 Å². The number of para-hydroxylation sites is 4. The molecule has 0 unspecified atom stereocenters. The van der Waals surface area contributed by atoms with E-state index in [9.17, 15) is 0 Å². The molecule has 11 rings (SSSR count). The van der Waals surface area contributed by atoms with Gasteiger partial charge >= 0.3 is 0 Å². The third kappa shape index (κ3) is 3.87. The molecule has 0 N–H and O–H groups in total. The van der Waals surface area contributed by atoms with Gasteiger partial charge in [0.15, 0.2) is 0 Å². The molecule has 0 saturated heterocycles. The van der Waals surface area contributed by atoms with Crippen molar-refractivity contribution in [1.82, 2.24) is 9.13 Å². The molecule has 7 aromatic carbocycles. The molecule has 0 aliphatic carbocycles. The van der Waals surface area contributed by atoms with Gasteiger partial charge in [0.25, 0.3) is 0 Å². The molecule has 4 heteroatoms. The minimum absolute atomic E-state index is 0.119. The summed E-state index contributed by atoms with van der Waals surface area (Å²) >= 11 is 0. The third-order valence-electron chi connectivity index (χ3n) is 11.8. The van der Waals surface area contributed by atoms with E-state index in [0.29, 0.717) is 0 Å². The molecular weight excluding hydrogens is 629 g/mol. The molecule has 0 saturated carbocycles. The molecule has 0 radical (unpaired) electrons. The van der Waals surface area contributed by atoms with Crippen LogP contribution in [0.3, 0.4) is 0 Å². The second-order valence-corrected chi connectivity index (χ2v) is 15.0. The first kappa shape index (κ1) is 29.5. The molecule has 0 bridgehead atoms. The van der Waals surface area contributed by atoms with E-state index < -0.39 is 0 Å². The number of rotatable bonds is 4. The molecule has 0 fully saturated rings. The predicted molar refractivity (Wildman–Crippen MR) is 220 cm³/mol. The van der Waals surface area contributed by atoms with Crippen LogP contribution in [0, 0.1) is 6.92 Å². The molecule has 0 spiro atoms. The molecule has 52 heavy (non-hydrogen) atoms. The van der Waals surface area contributed by atoms with Gasteiger partial charge in [0.1, 0.15) is 0 Å². The Hall–Kier alpha value is -6.26. The van der Waals surface area contributed by atoms with Crippen LogP contribution in [-0.4, -0.2) is 15.8 Å². The number of fused-ring (bicyclic) bond motifs is 9. The number of anilines is 3. The van der Waals surface area contributed by atoms with Gasteiger partial charge in [0, 0.05) is 44.6 Å². The van der Waals surface area contributed by atoms with Crippen molar-refractivity contribution in [3.63, 3.8) is 0 Å². The van der Waals surface area contributed by atoms with Gasteiger partial charge in [-0.1, -0.05) is 122 Å². The zero-order valence-electron chi connectivity index (χ0n) is 29.5. The first-order chi connectivity index (χ1) is 25.5. The Kier molecular flexibility index (Phi) is 6.03. The van der Waals surface area contributed by atoms with Crippen LogP contribution in [0.4, 0.5) is 17.1 Å². The zero-order valence-corrected chi connectivity index (χ0v) is 29.5. The van der Waals surface area contributed by atoms with E-state index in [1.54, 1.807) is 0 Å². The van der Waals surface area contributed by atoms with Crippen molar-refractivity contribution >= 4 is 73.0 Å². The fourth-order valence-corrected chi connectivity index (χ4v) is 9.63. The Balaban J connectivity index is 1.29. The number of benzene rings is 7. The van der Waals surface area contributed by atoms with E-state index in [4.69, 9.17) is 0 Å². The van der Waals surface area contributed by atoms with Gasteiger partial charge in [0.2, 0.25) is 6.71 Å². The normalized spacial score (nSPS) is 13.8. The topological polar surface area (TPSA) is 13.1 Å². The lowest BCUT2D eigenvalue weighted by Crippen LogP contribution is -2.63. The molecular formula is C48H36BN3. The van der Waals surface area contributed by atoms with Gasteiger partial charge in [-0.15, -0.1) is 0 Å². The average molecular weight is 666 g/mol. The number of hydrogen-bond acceptors (Lipinski definition) is 1. The molecule has 9 aromatic rings. The van der Waals surface area contributed by atoms with E-state index in [0.717, 1.165) is 22.7 Å². The first-order valence-corrected chi connectivity index (χ1v) is 18.3. The average Bonchev–Trinajstić information content (AvgIpc) is 3.69. The monoisotopic (exact) mass is 665 g/mol. The minimum Gasteiger partial charge on any atom is -0.310 e. The van der Waals surface area contributed by atoms with Crippen LogP contribution in [0.1, 0.15) is 30.5 Å². The number of hydrogen-bond donors (Lipinski definition) is 0. The molecule has 2 aliphatic rings. The van der Waals surface area contributed by atoms with Crippen LogP contribution >= 0.6 is 0 Å². The summed E-state index contributed by atoms with van der Waals surface area (Å²) in [6, 6.07) is 60.4. The van der Waals surface area contributed by atoms with Crippen molar-refractivity contribution in [2.75, 3.05) is 4.90 Å². The number of nitrogens with zero attached hydrogens (tertiary/aromatic N) is 3. The fraction of sp³-hybridized carbons (Fsp3) is 0.0833. The number of aromatic nitrogens is 2. The third-order valence-corrected chi connectivity index (χ3v) is 11.8. The highest BCUT2D eigenvalue weighted by Crippen LogP contribution is 2.45. The summed E-state index contributed by atoms with van der Waals surface area (Å²) in [6.07, 6.45) is 0. The van der Waals surface area contributed by atoms with Crippen molar-refractivity contribution in [3.05, 3.63) is 180 Å². The second-order valence-electron chi connectivity index (χ2n) is 15.0. The van der Waals surface area contributed by atoms with Gasteiger partial charge in [-0.2, -0.15) is 0 Å². The maximum Gasteiger partial charge on any atom is 0.247 e. The smallest absolute Gasteiger partial charge is 0.247 e. The predicted octanol–water partition coefficient (Wildman–Crippen LogP) is 9.97. The molecule has 2 aromatic heterocycles. The number of aryl methyl sites for hydroxylation is 1. The second kappa shape index (κ2) is 10.6. The van der Waals surface area contributed by atoms with Gasteiger partial charge in [-0.3, -0.25) is 0 Å². The highest BCUT2D eigenvalue weighted by molar-refractivity contribution is 6.99. The molecule has 0 amide bonds. The lowest BCUT2D eigenvalue weighted by molar-refractivity contribution is 0.645. The lowest BCUT2D eigenvalue weighted by atomic mass is 9.30. The SMILES string of the molecule is Cc1cc2c3c(c1)C(C)(C)c1ccccc1B3c1cccc3c1n-2c1c2ccc(N(c4ccccc4)c4ccccc4)cc2n(-c2ccccc2)c31. The summed E-state index contributed by atoms with van der Waals surface area (Å²) < 4.78 is 5.14. The summed E-state index contributed by atoms with van der Waals surface area (Å²) in [5.41, 5.74) is 19.2. The van der Waals surface area contributed by atoms with E-state index in [1.807, 2.05) is 0 Å². The molecule has 4 heterocycles. The van der Waals surface area contributed by atoms with Gasteiger partial charge in [-0.05, 0) is 95.2 Å². The van der Waals surface area contributed by atoms with Gasteiger partial charge < -0.3 is 14.0 Å². The van der Waals surface area contributed by atoms with Crippen molar-refractivity contribution in [2.45, 2.75) is 26.2 Å². The Bertz CT molecular complexity index is 2840. The summed E-state index contributed by atoms with van der Waals surface area (Å²) in [5, 5.41) is 2.53. The van der Waals surface area contributed by atoms with Gasteiger partial charge in [0.05, 0.1) is 22.1 Å². The van der Waals surface area contributed by atoms with Crippen LogP contribution < -0.4 is 21.3 Å². The summed E-state index contributed by atoms with van der Waals surface area (Å²) in [5.74, 6) is 0. The van der Waals surface area contributed by atoms with Crippen molar-refractivity contribution in [2.24, 2.45) is 0 Å². The Morgan fingerprint density at radius 2 is 1.13 bits per heavy atom. The van der Waals surface area contributed by atoms with Crippen molar-refractivity contribution in [1.29, 1.82) is 0 Å². The van der Waals surface area contributed by atoms with Crippen LogP contribution in [-0.2, 0) is 5.41 Å². The highest BCUT2D eigenvalue weighted by atomic mass is 15.1. The van der Waals surface area contributed by atoms with Crippen LogP contribution in [0.5, 0.6) is 0 Å². The highest BCUT2D eigenvalue weighted by Gasteiger charge is 2.45. The van der Waals surface area contributed by atoms with Crippen molar-refractivity contribution < 1.29 is 0 Å². The minimum atomic E-state index is -0.119. The molecule has 246 valence electrons. The summed E-state index contributed by atoms with van der Waals surface area (Å²) in [7, 11) is 0. The first-order valence-electron chi connectivity index (χ1n) is 18.3. The summed E-state index contributed by atoms with van der Waals surface area (Å²) in [6.45, 7) is 7.26. The maximum atomic E-state index is 2.62. The Morgan fingerprint density at radius 3 is 1.87 bits per heavy atom. The van der Waals surface area contributed by atoms with E-state index >= 15 is 0 Å². The Labute approximate surface area is 304 Å². The largest absolute Gasteiger partial charge is 0.310 e. The van der Waals surface area contributed by atoms with Crippen LogP contribution in [0.15, 0.2) is 164 Å². The van der Waals surface area contributed by atoms with E-state index in [2.05, 4.69) is 199 Å². The lowest BCUT2D eigenvalue weighted by Gasteiger charge is -2.42. The van der Waals surface area contributed by atoms with Crippen LogP contribution in [0.2, 0.25) is 0 Å².